The van der Waals surface area contributed by atoms with Gasteiger partial charge in [-0.25, -0.2) is 0 Å². The lowest BCUT2D eigenvalue weighted by Crippen LogP contribution is -1.99. The van der Waals surface area contributed by atoms with Crippen LogP contribution in [-0.2, 0) is 9.53 Å². The van der Waals surface area contributed by atoms with E-state index in [4.69, 9.17) is 9.84 Å². The van der Waals surface area contributed by atoms with E-state index in [0.717, 1.165) is 19.3 Å². The van der Waals surface area contributed by atoms with E-state index in [0.29, 0.717) is 6.42 Å². The zero-order valence-electron chi connectivity index (χ0n) is 12.7. The minimum Gasteiger partial charge on any atom is -0.442 e. The third-order valence-corrected chi connectivity index (χ3v) is 3.20. The van der Waals surface area contributed by atoms with Crippen LogP contribution in [0.4, 0.5) is 0 Å². The number of esters is 1. The number of rotatable bonds is 14. The summed E-state index contributed by atoms with van der Waals surface area (Å²) in [4.78, 5) is 11.2. The molecule has 116 valence electrons. The Kier molecular flexibility index (Phi) is 15.1. The number of allylic oxidation sites excluding steroid dienone is 1. The average molecular weight is 283 g/mol. The minimum atomic E-state index is -0.183. The van der Waals surface area contributed by atoms with Crippen molar-refractivity contribution < 1.29 is 14.6 Å². The molecule has 0 aromatic rings. The van der Waals surface area contributed by atoms with E-state index in [9.17, 15) is 4.79 Å². The normalized spacial score (nSPS) is 10.8. The van der Waals surface area contributed by atoms with Gasteiger partial charge in [-0.1, -0.05) is 51.0 Å². The molecule has 0 bridgehead atoms. The van der Waals surface area contributed by atoms with E-state index in [2.05, 4.69) is 6.58 Å². The SMILES string of the molecule is C=CCCCCCCCCCCCC(=O)O/C=C/C[OH2+]. The Labute approximate surface area is 123 Å². The van der Waals surface area contributed by atoms with Gasteiger partial charge in [-0.3, -0.25) is 4.79 Å². The Balaban J connectivity index is 3.14. The van der Waals surface area contributed by atoms with Crippen molar-refractivity contribution in [3.8, 4) is 0 Å². The van der Waals surface area contributed by atoms with Crippen molar-refractivity contribution in [2.75, 3.05) is 6.61 Å². The van der Waals surface area contributed by atoms with Crippen LogP contribution < -0.4 is 0 Å². The lowest BCUT2D eigenvalue weighted by Gasteiger charge is -2.02. The van der Waals surface area contributed by atoms with Crippen LogP contribution in [0.5, 0.6) is 0 Å². The van der Waals surface area contributed by atoms with Crippen LogP contribution in [0.15, 0.2) is 25.0 Å². The first-order valence-corrected chi connectivity index (χ1v) is 7.91. The summed E-state index contributed by atoms with van der Waals surface area (Å²) in [7, 11) is 0. The lowest BCUT2D eigenvalue weighted by molar-refractivity contribution is -0.138. The van der Waals surface area contributed by atoms with Gasteiger partial charge in [-0.15, -0.1) is 6.58 Å². The van der Waals surface area contributed by atoms with E-state index in [1.807, 2.05) is 6.08 Å². The van der Waals surface area contributed by atoms with Gasteiger partial charge in [0.15, 0.2) is 6.61 Å². The maximum absolute atomic E-state index is 11.2. The molecule has 0 spiro atoms. The molecule has 0 aliphatic heterocycles. The molecule has 0 saturated carbocycles. The summed E-state index contributed by atoms with van der Waals surface area (Å²) < 4.78 is 4.83. The van der Waals surface area contributed by atoms with Crippen LogP contribution in [0.1, 0.15) is 70.6 Å². The molecule has 0 unspecified atom stereocenters. The average Bonchev–Trinajstić information content (AvgIpc) is 2.45. The number of hydrogen-bond acceptors (Lipinski definition) is 2. The Morgan fingerprint density at radius 1 is 0.950 bits per heavy atom. The van der Waals surface area contributed by atoms with E-state index in [-0.39, 0.29) is 12.6 Å². The third-order valence-electron chi connectivity index (χ3n) is 3.20. The van der Waals surface area contributed by atoms with Gasteiger partial charge < -0.3 is 9.84 Å². The molecule has 0 fully saturated rings. The van der Waals surface area contributed by atoms with Crippen molar-refractivity contribution in [3.05, 3.63) is 25.0 Å². The Morgan fingerprint density at radius 3 is 2.05 bits per heavy atom. The summed E-state index contributed by atoms with van der Waals surface area (Å²) in [6.45, 7) is 3.88. The maximum Gasteiger partial charge on any atom is 0.310 e. The van der Waals surface area contributed by atoms with Crippen LogP contribution in [0, 0.1) is 0 Å². The minimum absolute atomic E-state index is 0.154. The molecule has 0 aliphatic carbocycles. The topological polar surface area (TPSA) is 49.2 Å². The molecule has 0 saturated heterocycles. The first kappa shape index (κ1) is 18.9. The van der Waals surface area contributed by atoms with Gasteiger partial charge in [0.1, 0.15) is 0 Å². The van der Waals surface area contributed by atoms with Crippen LogP contribution in [0.25, 0.3) is 0 Å². The predicted octanol–water partition coefficient (Wildman–Crippen LogP) is 4.25. The monoisotopic (exact) mass is 283 g/mol. The van der Waals surface area contributed by atoms with E-state index < -0.39 is 0 Å². The standard InChI is InChI=1S/C17H30O3/c1-2-3-4-5-6-7-8-9-10-11-12-14-17(19)20-16-13-15-18/h2,13,16,18H,1,3-12,14-15H2/p+1/b16-13+. The molecule has 0 heterocycles. The van der Waals surface area contributed by atoms with E-state index in [1.165, 1.54) is 57.3 Å². The summed E-state index contributed by atoms with van der Waals surface area (Å²) in [5.74, 6) is -0.183. The largest absolute Gasteiger partial charge is 0.442 e. The number of unbranched alkanes of at least 4 members (excludes halogenated alkanes) is 9. The van der Waals surface area contributed by atoms with Crippen molar-refractivity contribution in [3.63, 3.8) is 0 Å². The zero-order chi connectivity index (χ0) is 14.9. The molecule has 0 radical (unpaired) electrons. The van der Waals surface area contributed by atoms with E-state index >= 15 is 0 Å². The summed E-state index contributed by atoms with van der Waals surface area (Å²) in [6, 6.07) is 0. The van der Waals surface area contributed by atoms with Gasteiger partial charge in [0.25, 0.3) is 0 Å². The summed E-state index contributed by atoms with van der Waals surface area (Å²) >= 11 is 0. The number of carbonyl (C=O) groups excluding carboxylic acids is 1. The molecule has 0 rings (SSSR count). The summed E-state index contributed by atoms with van der Waals surface area (Å²) in [5, 5.41) is 6.86. The highest BCUT2D eigenvalue weighted by atomic mass is 16.5. The van der Waals surface area contributed by atoms with Gasteiger partial charge in [0.05, 0.1) is 6.26 Å². The first-order chi connectivity index (χ1) is 9.81. The van der Waals surface area contributed by atoms with Crippen LogP contribution in [-0.4, -0.2) is 17.7 Å². The Bertz CT molecular complexity index is 259. The molecule has 0 atom stereocenters. The molecule has 20 heavy (non-hydrogen) atoms. The fourth-order valence-electron chi connectivity index (χ4n) is 2.03. The second kappa shape index (κ2) is 16.0. The highest BCUT2D eigenvalue weighted by Crippen LogP contribution is 2.11. The summed E-state index contributed by atoms with van der Waals surface area (Å²) in [5.41, 5.74) is 0. The van der Waals surface area contributed by atoms with Crippen molar-refractivity contribution >= 4 is 5.97 Å². The molecule has 3 nitrogen and oxygen atoms in total. The Morgan fingerprint density at radius 2 is 1.50 bits per heavy atom. The number of hydrogen-bond donors (Lipinski definition) is 0. The molecular formula is C17H31O3+. The van der Waals surface area contributed by atoms with Crippen LogP contribution >= 0.6 is 0 Å². The second-order valence-corrected chi connectivity index (χ2v) is 5.08. The molecule has 2 N–H and O–H groups in total. The Hall–Kier alpha value is -1.09. The maximum atomic E-state index is 11.2. The fraction of sp³-hybridized carbons (Fsp3) is 0.706. The molecule has 3 heteroatoms. The third kappa shape index (κ3) is 15.0. The molecule has 0 aromatic heterocycles. The van der Waals surface area contributed by atoms with Gasteiger partial charge in [0, 0.05) is 12.5 Å². The van der Waals surface area contributed by atoms with Gasteiger partial charge >= 0.3 is 5.97 Å². The number of ether oxygens (including phenoxy) is 1. The highest BCUT2D eigenvalue weighted by molar-refractivity contribution is 5.69. The van der Waals surface area contributed by atoms with Crippen molar-refractivity contribution in [2.45, 2.75) is 70.6 Å². The summed E-state index contributed by atoms with van der Waals surface area (Å²) in [6.07, 6.45) is 17.5. The molecule has 0 aliphatic rings. The van der Waals surface area contributed by atoms with Crippen LogP contribution in [0.2, 0.25) is 0 Å². The zero-order valence-corrected chi connectivity index (χ0v) is 12.7. The van der Waals surface area contributed by atoms with Gasteiger partial charge in [-0.2, -0.15) is 0 Å². The number of carbonyl (C=O) groups is 1. The van der Waals surface area contributed by atoms with Crippen LogP contribution in [0.3, 0.4) is 0 Å². The quantitative estimate of drug-likeness (QED) is 0.157. The molecule has 0 aromatic carbocycles. The predicted molar refractivity (Wildman–Crippen MR) is 84.7 cm³/mol. The molecule has 0 amide bonds. The van der Waals surface area contributed by atoms with Gasteiger partial charge in [0.2, 0.25) is 0 Å². The van der Waals surface area contributed by atoms with E-state index in [1.54, 1.807) is 0 Å². The van der Waals surface area contributed by atoms with Crippen molar-refractivity contribution in [1.82, 2.24) is 0 Å². The second-order valence-electron chi connectivity index (χ2n) is 5.08. The smallest absolute Gasteiger partial charge is 0.310 e. The van der Waals surface area contributed by atoms with Crippen molar-refractivity contribution in [1.29, 1.82) is 0 Å². The van der Waals surface area contributed by atoms with Gasteiger partial charge in [-0.05, 0) is 19.3 Å². The molecular weight excluding hydrogens is 252 g/mol. The highest BCUT2D eigenvalue weighted by Gasteiger charge is 2.00. The first-order valence-electron chi connectivity index (χ1n) is 7.91. The van der Waals surface area contributed by atoms with Crippen molar-refractivity contribution in [2.24, 2.45) is 0 Å². The fourth-order valence-corrected chi connectivity index (χ4v) is 2.03. The lowest BCUT2D eigenvalue weighted by atomic mass is 10.1.